The molecular formula is C12H20N2O2. The highest BCUT2D eigenvalue weighted by Gasteiger charge is 1.99. The van der Waals surface area contributed by atoms with Crippen molar-refractivity contribution >= 4 is 11.4 Å². The first-order valence-corrected chi connectivity index (χ1v) is 5.41. The fourth-order valence-electron chi connectivity index (χ4n) is 1.34. The summed E-state index contributed by atoms with van der Waals surface area (Å²) in [4.78, 5) is 0. The van der Waals surface area contributed by atoms with Crippen LogP contribution >= 0.6 is 0 Å². The van der Waals surface area contributed by atoms with Gasteiger partial charge in [-0.25, -0.2) is 0 Å². The van der Waals surface area contributed by atoms with Crippen LogP contribution in [0.2, 0.25) is 0 Å². The molecule has 0 atom stereocenters. The molecule has 0 spiro atoms. The molecule has 1 rings (SSSR count). The summed E-state index contributed by atoms with van der Waals surface area (Å²) in [5, 5.41) is 3.24. The molecule has 0 fully saturated rings. The van der Waals surface area contributed by atoms with E-state index in [0.29, 0.717) is 19.8 Å². The molecule has 0 saturated carbocycles. The van der Waals surface area contributed by atoms with Crippen molar-refractivity contribution in [1.82, 2.24) is 0 Å². The maximum atomic E-state index is 5.92. The maximum absolute atomic E-state index is 5.92. The quantitative estimate of drug-likeness (QED) is 0.546. The molecule has 90 valence electrons. The van der Waals surface area contributed by atoms with Crippen LogP contribution in [-0.2, 0) is 9.47 Å². The summed E-state index contributed by atoms with van der Waals surface area (Å²) in [5.74, 6) is 0. The van der Waals surface area contributed by atoms with Gasteiger partial charge < -0.3 is 20.5 Å². The van der Waals surface area contributed by atoms with Crippen molar-refractivity contribution in [2.75, 3.05) is 44.5 Å². The second kappa shape index (κ2) is 7.09. The van der Waals surface area contributed by atoms with Crippen LogP contribution in [0, 0.1) is 6.92 Å². The highest BCUT2D eigenvalue weighted by molar-refractivity contribution is 5.69. The Morgan fingerprint density at radius 3 is 2.81 bits per heavy atom. The Bertz CT molecular complexity index is 316. The van der Waals surface area contributed by atoms with E-state index in [1.54, 1.807) is 7.11 Å². The number of rotatable bonds is 7. The maximum Gasteiger partial charge on any atom is 0.0701 e. The first-order chi connectivity index (χ1) is 7.75. The van der Waals surface area contributed by atoms with Gasteiger partial charge in [-0.15, -0.1) is 0 Å². The number of hydrogen-bond acceptors (Lipinski definition) is 4. The van der Waals surface area contributed by atoms with Gasteiger partial charge in [0, 0.05) is 13.7 Å². The lowest BCUT2D eigenvalue weighted by atomic mass is 10.2. The van der Waals surface area contributed by atoms with Gasteiger partial charge in [0.1, 0.15) is 0 Å². The Morgan fingerprint density at radius 2 is 2.06 bits per heavy atom. The zero-order valence-corrected chi connectivity index (χ0v) is 9.95. The average molecular weight is 224 g/mol. The molecule has 4 heteroatoms. The van der Waals surface area contributed by atoms with Crippen LogP contribution in [0.25, 0.3) is 0 Å². The minimum Gasteiger partial charge on any atom is -0.397 e. The molecule has 3 N–H and O–H groups in total. The number of para-hydroxylation sites is 1. The Balaban J connectivity index is 2.24. The van der Waals surface area contributed by atoms with Gasteiger partial charge in [-0.1, -0.05) is 12.1 Å². The van der Waals surface area contributed by atoms with E-state index in [1.807, 2.05) is 25.1 Å². The van der Waals surface area contributed by atoms with Crippen molar-refractivity contribution in [2.45, 2.75) is 6.92 Å². The number of anilines is 2. The van der Waals surface area contributed by atoms with E-state index in [4.69, 9.17) is 15.2 Å². The number of methoxy groups -OCH3 is 1. The lowest BCUT2D eigenvalue weighted by Crippen LogP contribution is -2.13. The molecule has 1 aromatic carbocycles. The number of hydrogen-bond donors (Lipinski definition) is 2. The van der Waals surface area contributed by atoms with Gasteiger partial charge in [0.25, 0.3) is 0 Å². The van der Waals surface area contributed by atoms with Gasteiger partial charge in [-0.05, 0) is 18.6 Å². The molecule has 1 aromatic rings. The summed E-state index contributed by atoms with van der Waals surface area (Å²) in [6, 6.07) is 5.95. The number of nitrogen functional groups attached to an aromatic ring is 1. The predicted molar refractivity (Wildman–Crippen MR) is 66.8 cm³/mol. The molecule has 4 nitrogen and oxygen atoms in total. The van der Waals surface area contributed by atoms with Gasteiger partial charge in [-0.2, -0.15) is 0 Å². The van der Waals surface area contributed by atoms with Crippen LogP contribution < -0.4 is 11.1 Å². The zero-order valence-electron chi connectivity index (χ0n) is 9.95. The summed E-state index contributed by atoms with van der Waals surface area (Å²) < 4.78 is 10.2. The van der Waals surface area contributed by atoms with Crippen molar-refractivity contribution in [3.8, 4) is 0 Å². The van der Waals surface area contributed by atoms with Crippen molar-refractivity contribution in [2.24, 2.45) is 0 Å². The monoisotopic (exact) mass is 224 g/mol. The van der Waals surface area contributed by atoms with Crippen LogP contribution in [0.3, 0.4) is 0 Å². The van der Waals surface area contributed by atoms with Crippen molar-refractivity contribution in [1.29, 1.82) is 0 Å². The second-order valence-electron chi connectivity index (χ2n) is 3.57. The second-order valence-corrected chi connectivity index (χ2v) is 3.57. The third-order valence-electron chi connectivity index (χ3n) is 2.32. The van der Waals surface area contributed by atoms with Crippen LogP contribution in [0.4, 0.5) is 11.4 Å². The van der Waals surface area contributed by atoms with Gasteiger partial charge in [0.15, 0.2) is 0 Å². The third-order valence-corrected chi connectivity index (χ3v) is 2.32. The fourth-order valence-corrected chi connectivity index (χ4v) is 1.34. The van der Waals surface area contributed by atoms with Crippen LogP contribution in [0.15, 0.2) is 18.2 Å². The van der Waals surface area contributed by atoms with Gasteiger partial charge in [0.05, 0.1) is 31.2 Å². The first kappa shape index (κ1) is 12.8. The third kappa shape index (κ3) is 4.08. The molecule has 0 aliphatic carbocycles. The van der Waals surface area contributed by atoms with E-state index in [2.05, 4.69) is 5.32 Å². The van der Waals surface area contributed by atoms with Gasteiger partial charge >= 0.3 is 0 Å². The summed E-state index contributed by atoms with van der Waals surface area (Å²) in [6.45, 7) is 4.65. The lowest BCUT2D eigenvalue weighted by molar-refractivity contribution is 0.0759. The first-order valence-electron chi connectivity index (χ1n) is 5.41. The van der Waals surface area contributed by atoms with E-state index in [1.165, 1.54) is 0 Å². The highest BCUT2D eigenvalue weighted by Crippen LogP contribution is 2.21. The molecule has 0 aliphatic rings. The normalized spacial score (nSPS) is 10.4. The molecule has 0 unspecified atom stereocenters. The van der Waals surface area contributed by atoms with Crippen LogP contribution in [0.5, 0.6) is 0 Å². The van der Waals surface area contributed by atoms with E-state index in [0.717, 1.165) is 23.5 Å². The molecular weight excluding hydrogens is 204 g/mol. The highest BCUT2D eigenvalue weighted by atomic mass is 16.5. The average Bonchev–Trinajstić information content (AvgIpc) is 2.29. The smallest absolute Gasteiger partial charge is 0.0701 e. The molecule has 16 heavy (non-hydrogen) atoms. The van der Waals surface area contributed by atoms with Gasteiger partial charge in [0.2, 0.25) is 0 Å². The Morgan fingerprint density at radius 1 is 1.25 bits per heavy atom. The molecule has 0 radical (unpaired) electrons. The van der Waals surface area contributed by atoms with E-state index in [9.17, 15) is 0 Å². The number of nitrogens with two attached hydrogens (primary N) is 1. The van der Waals surface area contributed by atoms with Crippen molar-refractivity contribution < 1.29 is 9.47 Å². The minimum atomic E-state index is 0.626. The SMILES string of the molecule is COCCOCCNc1cccc(C)c1N. The van der Waals surface area contributed by atoms with Crippen molar-refractivity contribution in [3.63, 3.8) is 0 Å². The van der Waals surface area contributed by atoms with E-state index >= 15 is 0 Å². The standard InChI is InChI=1S/C12H20N2O2/c1-10-4-3-5-11(12(10)13)14-6-7-16-9-8-15-2/h3-5,14H,6-9,13H2,1-2H3. The number of nitrogens with one attached hydrogen (secondary N) is 1. The molecule has 0 heterocycles. The summed E-state index contributed by atoms with van der Waals surface area (Å²) in [7, 11) is 1.66. The number of ether oxygens (including phenoxy) is 2. The molecule has 0 bridgehead atoms. The summed E-state index contributed by atoms with van der Waals surface area (Å²) >= 11 is 0. The Kier molecular flexibility index (Phi) is 5.67. The van der Waals surface area contributed by atoms with Gasteiger partial charge in [-0.3, -0.25) is 0 Å². The minimum absolute atomic E-state index is 0.626. The van der Waals surface area contributed by atoms with Crippen molar-refractivity contribution in [3.05, 3.63) is 23.8 Å². The summed E-state index contributed by atoms with van der Waals surface area (Å²) in [6.07, 6.45) is 0. The number of aryl methyl sites for hydroxylation is 1. The largest absolute Gasteiger partial charge is 0.397 e. The predicted octanol–water partition coefficient (Wildman–Crippen LogP) is 1.65. The molecule has 0 aliphatic heterocycles. The van der Waals surface area contributed by atoms with E-state index in [-0.39, 0.29) is 0 Å². The number of benzene rings is 1. The van der Waals surface area contributed by atoms with E-state index < -0.39 is 0 Å². The topological polar surface area (TPSA) is 56.5 Å². The lowest BCUT2D eigenvalue weighted by Gasteiger charge is -2.11. The molecule has 0 saturated heterocycles. The molecule has 0 aromatic heterocycles. The molecule has 0 amide bonds. The zero-order chi connectivity index (χ0) is 11.8. The van der Waals surface area contributed by atoms with Crippen LogP contribution in [0.1, 0.15) is 5.56 Å². The fraction of sp³-hybridized carbons (Fsp3) is 0.500. The summed E-state index contributed by atoms with van der Waals surface area (Å²) in [5.41, 5.74) is 8.78. The van der Waals surface area contributed by atoms with Crippen LogP contribution in [-0.4, -0.2) is 33.5 Å². The Hall–Kier alpha value is -1.26. The Labute approximate surface area is 96.7 Å².